The lowest BCUT2D eigenvalue weighted by Crippen LogP contribution is -2.15. The number of halogens is 1. The molecule has 0 spiro atoms. The highest BCUT2D eigenvalue weighted by Gasteiger charge is 2.15. The summed E-state index contributed by atoms with van der Waals surface area (Å²) in [5.74, 6) is 3.05. The van der Waals surface area contributed by atoms with E-state index in [-0.39, 0.29) is 0 Å². The molecule has 0 amide bonds. The summed E-state index contributed by atoms with van der Waals surface area (Å²) in [5.41, 5.74) is 7.11. The Morgan fingerprint density at radius 1 is 0.842 bits per heavy atom. The molecule has 0 unspecified atom stereocenters. The summed E-state index contributed by atoms with van der Waals surface area (Å²) in [4.78, 5) is 0. The fourth-order valence-corrected chi connectivity index (χ4v) is 5.01. The molecule has 1 heterocycles. The smallest absolute Gasteiger partial charge is 0.161 e. The van der Waals surface area contributed by atoms with Gasteiger partial charge in [0.2, 0.25) is 0 Å². The second-order valence-corrected chi connectivity index (χ2v) is 9.94. The van der Waals surface area contributed by atoms with Gasteiger partial charge in [-0.1, -0.05) is 43.3 Å². The molecule has 0 bridgehead atoms. The van der Waals surface area contributed by atoms with Gasteiger partial charge in [0.05, 0.1) is 16.1 Å². The molecule has 5 nitrogen and oxygen atoms in total. The van der Waals surface area contributed by atoms with Crippen LogP contribution in [-0.4, -0.2) is 13.2 Å². The second-order valence-electron chi connectivity index (χ2n) is 9.08. The van der Waals surface area contributed by atoms with Crippen LogP contribution in [0.2, 0.25) is 0 Å². The van der Waals surface area contributed by atoms with Crippen molar-refractivity contribution in [1.82, 2.24) is 0 Å². The van der Waals surface area contributed by atoms with Gasteiger partial charge in [0.1, 0.15) is 37.9 Å². The predicted molar refractivity (Wildman–Crippen MR) is 151 cm³/mol. The van der Waals surface area contributed by atoms with E-state index in [0.29, 0.717) is 37.7 Å². The molecule has 0 N–H and O–H groups in total. The fraction of sp³-hybridized carbons (Fsp3) is 0.219. The lowest BCUT2D eigenvalue weighted by atomic mass is 9.96. The van der Waals surface area contributed by atoms with Crippen molar-refractivity contribution < 1.29 is 18.9 Å². The van der Waals surface area contributed by atoms with Crippen LogP contribution in [0.4, 0.5) is 0 Å². The summed E-state index contributed by atoms with van der Waals surface area (Å²) in [7, 11) is 0. The zero-order chi connectivity index (χ0) is 26.5. The lowest BCUT2D eigenvalue weighted by Gasteiger charge is -2.20. The molecule has 192 valence electrons. The van der Waals surface area contributed by atoms with Crippen LogP contribution in [0, 0.1) is 18.3 Å². The Hall–Kier alpha value is -3.95. The number of benzene rings is 4. The molecule has 0 aliphatic carbocycles. The first-order chi connectivity index (χ1) is 18.6. The van der Waals surface area contributed by atoms with Crippen molar-refractivity contribution in [2.75, 3.05) is 13.2 Å². The van der Waals surface area contributed by atoms with Gasteiger partial charge in [-0.2, -0.15) is 5.26 Å². The summed E-state index contributed by atoms with van der Waals surface area (Å²) in [6.45, 7) is 6.14. The lowest BCUT2D eigenvalue weighted by molar-refractivity contribution is 0.171. The van der Waals surface area contributed by atoms with E-state index in [1.165, 1.54) is 0 Å². The summed E-state index contributed by atoms with van der Waals surface area (Å²) < 4.78 is 24.8. The van der Waals surface area contributed by atoms with Crippen molar-refractivity contribution in [3.8, 4) is 40.2 Å². The molecular weight excluding hydrogens is 542 g/mol. The third kappa shape index (κ3) is 5.64. The first kappa shape index (κ1) is 25.7. The zero-order valence-electron chi connectivity index (χ0n) is 21.4. The van der Waals surface area contributed by atoms with Gasteiger partial charge in [0, 0.05) is 6.07 Å². The van der Waals surface area contributed by atoms with E-state index >= 15 is 0 Å². The molecular formula is C32H28BrNO4. The van der Waals surface area contributed by atoms with Gasteiger partial charge in [-0.05, 0) is 93.0 Å². The average Bonchev–Trinajstić information content (AvgIpc) is 2.96. The van der Waals surface area contributed by atoms with Gasteiger partial charge in [-0.25, -0.2) is 0 Å². The number of rotatable bonds is 8. The molecule has 0 atom stereocenters. The quantitative estimate of drug-likeness (QED) is 0.217. The molecule has 1 aliphatic rings. The Bertz CT molecular complexity index is 1510. The molecule has 6 heteroatoms. The van der Waals surface area contributed by atoms with Gasteiger partial charge >= 0.3 is 0 Å². The molecule has 5 rings (SSSR count). The van der Waals surface area contributed by atoms with Crippen LogP contribution in [0.5, 0.6) is 23.0 Å². The molecule has 0 fully saturated rings. The van der Waals surface area contributed by atoms with Gasteiger partial charge in [0.15, 0.2) is 11.5 Å². The van der Waals surface area contributed by atoms with E-state index in [1.807, 2.05) is 36.4 Å². The number of nitrogens with zero attached hydrogens (tertiary/aromatic N) is 1. The monoisotopic (exact) mass is 569 g/mol. The normalized spacial score (nSPS) is 12.1. The Morgan fingerprint density at radius 2 is 1.63 bits per heavy atom. The maximum atomic E-state index is 9.17. The number of nitriles is 1. The number of fused-ring (bicyclic) bond motifs is 1. The van der Waals surface area contributed by atoms with Crippen molar-refractivity contribution in [2.24, 2.45) is 0 Å². The summed E-state index contributed by atoms with van der Waals surface area (Å²) in [5, 5.41) is 9.17. The standard InChI is InChI=1S/C32H28BrNO4/c1-3-24-15-28(33)31(17-30(24)37-19-23-7-4-6-22(14-23)18-34)38-20-26-8-5-9-27(21(26)2)25-10-11-29-32(16-25)36-13-12-35-29/h4-11,14-17H,3,12-13,19-20H2,1-2H3. The van der Waals surface area contributed by atoms with Gasteiger partial charge in [-0.3, -0.25) is 0 Å². The van der Waals surface area contributed by atoms with E-state index in [9.17, 15) is 5.26 Å². The van der Waals surface area contributed by atoms with E-state index in [0.717, 1.165) is 61.5 Å². The van der Waals surface area contributed by atoms with E-state index in [2.05, 4.69) is 66.2 Å². The Kier molecular flexibility index (Phi) is 7.86. The van der Waals surface area contributed by atoms with Gasteiger partial charge in [-0.15, -0.1) is 0 Å². The van der Waals surface area contributed by atoms with Crippen molar-refractivity contribution >= 4 is 15.9 Å². The van der Waals surface area contributed by atoms with Crippen LogP contribution >= 0.6 is 15.9 Å². The first-order valence-electron chi connectivity index (χ1n) is 12.6. The van der Waals surface area contributed by atoms with Gasteiger partial charge < -0.3 is 18.9 Å². The van der Waals surface area contributed by atoms with Gasteiger partial charge in [0.25, 0.3) is 0 Å². The first-order valence-corrected chi connectivity index (χ1v) is 13.4. The Labute approximate surface area is 231 Å². The average molecular weight is 570 g/mol. The number of hydrogen-bond donors (Lipinski definition) is 0. The predicted octanol–water partition coefficient (Wildman–Crippen LogP) is 7.79. The van der Waals surface area contributed by atoms with Crippen molar-refractivity contribution in [3.63, 3.8) is 0 Å². The molecule has 38 heavy (non-hydrogen) atoms. The molecule has 0 saturated heterocycles. The van der Waals surface area contributed by atoms with E-state index in [1.54, 1.807) is 6.07 Å². The molecule has 0 radical (unpaired) electrons. The van der Waals surface area contributed by atoms with Crippen LogP contribution in [0.25, 0.3) is 11.1 Å². The fourth-order valence-electron chi connectivity index (χ4n) is 4.51. The maximum Gasteiger partial charge on any atom is 0.161 e. The SMILES string of the molecule is CCc1cc(Br)c(OCc2cccc(-c3ccc4c(c3)OCCO4)c2C)cc1OCc1cccc(C#N)c1. The highest BCUT2D eigenvalue weighted by molar-refractivity contribution is 9.10. The molecule has 1 aliphatic heterocycles. The minimum absolute atomic E-state index is 0.375. The van der Waals surface area contributed by atoms with Crippen LogP contribution in [0.15, 0.2) is 77.3 Å². The van der Waals surface area contributed by atoms with Crippen LogP contribution < -0.4 is 18.9 Å². The maximum absolute atomic E-state index is 9.17. The van der Waals surface area contributed by atoms with Crippen molar-refractivity contribution in [3.05, 3.63) is 105 Å². The second kappa shape index (κ2) is 11.6. The molecule has 4 aromatic rings. The van der Waals surface area contributed by atoms with Crippen LogP contribution in [0.1, 0.15) is 34.7 Å². The number of aryl methyl sites for hydroxylation is 1. The molecule has 4 aromatic carbocycles. The van der Waals surface area contributed by atoms with E-state index in [4.69, 9.17) is 18.9 Å². The Morgan fingerprint density at radius 3 is 2.45 bits per heavy atom. The minimum Gasteiger partial charge on any atom is -0.488 e. The molecule has 0 aromatic heterocycles. The van der Waals surface area contributed by atoms with E-state index < -0.39 is 0 Å². The van der Waals surface area contributed by atoms with Crippen molar-refractivity contribution in [1.29, 1.82) is 5.26 Å². The Balaban J connectivity index is 1.34. The highest BCUT2D eigenvalue weighted by atomic mass is 79.9. The summed E-state index contributed by atoms with van der Waals surface area (Å²) in [6.07, 6.45) is 0.823. The summed E-state index contributed by atoms with van der Waals surface area (Å²) in [6, 6.07) is 26.0. The third-order valence-corrected chi connectivity index (χ3v) is 7.25. The topological polar surface area (TPSA) is 60.7 Å². The van der Waals surface area contributed by atoms with Crippen molar-refractivity contribution in [2.45, 2.75) is 33.5 Å². The largest absolute Gasteiger partial charge is 0.488 e. The zero-order valence-corrected chi connectivity index (χ0v) is 23.0. The minimum atomic E-state index is 0.375. The number of hydrogen-bond acceptors (Lipinski definition) is 5. The van der Waals surface area contributed by atoms with Crippen LogP contribution in [-0.2, 0) is 19.6 Å². The summed E-state index contributed by atoms with van der Waals surface area (Å²) >= 11 is 3.67. The van der Waals surface area contributed by atoms with Crippen LogP contribution in [0.3, 0.4) is 0 Å². The third-order valence-electron chi connectivity index (χ3n) is 6.63. The highest BCUT2D eigenvalue weighted by Crippen LogP contribution is 2.37. The number of ether oxygens (including phenoxy) is 4. The molecule has 0 saturated carbocycles.